The van der Waals surface area contributed by atoms with Crippen LogP contribution in [-0.2, 0) is 0 Å². The maximum atomic E-state index is 9.02. The third-order valence-electron chi connectivity index (χ3n) is 4.39. The van der Waals surface area contributed by atoms with Crippen LogP contribution in [0, 0.1) is 0 Å². The van der Waals surface area contributed by atoms with Crippen molar-refractivity contribution in [2.75, 3.05) is 27.2 Å². The normalized spacial score (nSPS) is 12.8. The third-order valence-corrected chi connectivity index (χ3v) is 5.42. The predicted molar refractivity (Wildman–Crippen MR) is 95.5 cm³/mol. The molecule has 0 aliphatic carbocycles. The fourth-order valence-electron chi connectivity index (χ4n) is 2.88. The smallest absolute Gasteiger partial charge is 0.390 e. The fraction of sp³-hybridized carbons (Fsp3) is 1.00. The van der Waals surface area contributed by atoms with E-state index in [1.807, 2.05) is 0 Å². The Morgan fingerprint density at radius 3 is 1.50 bits per heavy atom. The lowest BCUT2D eigenvalue weighted by atomic mass is 10.1. The van der Waals surface area contributed by atoms with E-state index in [1.165, 1.54) is 64.2 Å². The van der Waals surface area contributed by atoms with Gasteiger partial charge in [-0.15, -0.1) is 0 Å². The summed E-state index contributed by atoms with van der Waals surface area (Å²) in [6.45, 7) is 4.29. The standard InChI is InChI=1S/C17H40NO3Si/c1-4-5-6-7-8-9-10-11-12-13-15-18(2,3)16-14-17-22(19,20)21/h19-21H,4-17H2,1-3H3/q+1. The molecule has 134 valence electrons. The van der Waals surface area contributed by atoms with Gasteiger partial charge in [0.15, 0.2) is 0 Å². The van der Waals surface area contributed by atoms with Crippen molar-refractivity contribution in [2.45, 2.75) is 83.6 Å². The highest BCUT2D eigenvalue weighted by molar-refractivity contribution is 6.56. The molecule has 22 heavy (non-hydrogen) atoms. The first-order valence-electron chi connectivity index (χ1n) is 9.26. The molecule has 4 nitrogen and oxygen atoms in total. The van der Waals surface area contributed by atoms with Crippen molar-refractivity contribution < 1.29 is 18.9 Å². The molecule has 0 aromatic carbocycles. The largest absolute Gasteiger partial charge is 0.492 e. The summed E-state index contributed by atoms with van der Waals surface area (Å²) < 4.78 is 0.904. The summed E-state index contributed by atoms with van der Waals surface area (Å²) in [5.41, 5.74) is 0. The first-order chi connectivity index (χ1) is 10.3. The zero-order valence-electron chi connectivity index (χ0n) is 15.2. The average molecular weight is 335 g/mol. The first kappa shape index (κ1) is 22.1. The van der Waals surface area contributed by atoms with Crippen molar-refractivity contribution in [3.63, 3.8) is 0 Å². The predicted octanol–water partition coefficient (Wildman–Crippen LogP) is 3.29. The minimum atomic E-state index is -3.83. The summed E-state index contributed by atoms with van der Waals surface area (Å²) in [5, 5.41) is 0. The minimum absolute atomic E-state index is 0.159. The molecular weight excluding hydrogens is 294 g/mol. The van der Waals surface area contributed by atoms with Crippen molar-refractivity contribution in [3.05, 3.63) is 0 Å². The zero-order valence-corrected chi connectivity index (χ0v) is 16.2. The molecular formula is C17H40NO3Si+. The summed E-state index contributed by atoms with van der Waals surface area (Å²) in [7, 11) is 0.535. The summed E-state index contributed by atoms with van der Waals surface area (Å²) >= 11 is 0. The SMILES string of the molecule is CCCCCCCCCCCC[N+](C)(C)CCC[Si](O)(O)O. The molecule has 0 saturated carbocycles. The average Bonchev–Trinajstić information content (AvgIpc) is 2.39. The molecule has 0 unspecified atom stereocenters. The number of quaternary nitrogens is 1. The van der Waals surface area contributed by atoms with Crippen LogP contribution in [0.5, 0.6) is 0 Å². The Morgan fingerprint density at radius 1 is 0.636 bits per heavy atom. The molecule has 0 rings (SSSR count). The van der Waals surface area contributed by atoms with E-state index in [0.717, 1.165) is 17.6 Å². The molecule has 0 amide bonds. The van der Waals surface area contributed by atoms with Gasteiger partial charge in [-0.25, -0.2) is 0 Å². The van der Waals surface area contributed by atoms with Gasteiger partial charge in [-0.3, -0.25) is 0 Å². The molecule has 0 heterocycles. The highest BCUT2D eigenvalue weighted by Gasteiger charge is 2.27. The van der Waals surface area contributed by atoms with Gasteiger partial charge in [-0.1, -0.05) is 58.3 Å². The van der Waals surface area contributed by atoms with Crippen LogP contribution in [0.1, 0.15) is 77.6 Å². The number of unbranched alkanes of at least 4 members (excludes halogenated alkanes) is 9. The van der Waals surface area contributed by atoms with Gasteiger partial charge < -0.3 is 18.9 Å². The van der Waals surface area contributed by atoms with Crippen molar-refractivity contribution in [3.8, 4) is 0 Å². The minimum Gasteiger partial charge on any atom is -0.390 e. The second-order valence-electron chi connectivity index (χ2n) is 7.44. The fourth-order valence-corrected chi connectivity index (χ4v) is 3.52. The molecule has 0 aliphatic rings. The lowest BCUT2D eigenvalue weighted by Crippen LogP contribution is -2.43. The number of hydrogen-bond donors (Lipinski definition) is 3. The van der Waals surface area contributed by atoms with Crippen LogP contribution in [0.2, 0.25) is 6.04 Å². The van der Waals surface area contributed by atoms with E-state index in [4.69, 9.17) is 14.4 Å². The van der Waals surface area contributed by atoms with Gasteiger partial charge in [0, 0.05) is 12.5 Å². The van der Waals surface area contributed by atoms with Crippen LogP contribution in [0.4, 0.5) is 0 Å². The second-order valence-corrected chi connectivity index (χ2v) is 9.49. The Labute approximate surface area is 139 Å². The monoisotopic (exact) mass is 334 g/mol. The molecule has 3 N–H and O–H groups in total. The quantitative estimate of drug-likeness (QED) is 0.245. The van der Waals surface area contributed by atoms with E-state index >= 15 is 0 Å². The Hall–Kier alpha value is 0.0569. The Bertz CT molecular complexity index is 255. The van der Waals surface area contributed by atoms with Crippen LogP contribution >= 0.6 is 0 Å². The highest BCUT2D eigenvalue weighted by Crippen LogP contribution is 2.12. The van der Waals surface area contributed by atoms with Gasteiger partial charge >= 0.3 is 8.80 Å². The Balaban J connectivity index is 3.41. The molecule has 0 saturated heterocycles. The molecule has 0 fully saturated rings. The summed E-state index contributed by atoms with van der Waals surface area (Å²) in [4.78, 5) is 27.1. The number of hydrogen-bond acceptors (Lipinski definition) is 3. The van der Waals surface area contributed by atoms with E-state index in [1.54, 1.807) is 0 Å². The van der Waals surface area contributed by atoms with E-state index in [9.17, 15) is 0 Å². The molecule has 0 radical (unpaired) electrons. The van der Waals surface area contributed by atoms with Gasteiger partial charge in [0.25, 0.3) is 0 Å². The molecule has 0 aliphatic heterocycles. The Morgan fingerprint density at radius 2 is 1.05 bits per heavy atom. The topological polar surface area (TPSA) is 60.7 Å². The van der Waals surface area contributed by atoms with Crippen LogP contribution in [0.15, 0.2) is 0 Å². The highest BCUT2D eigenvalue weighted by atomic mass is 28.4. The van der Waals surface area contributed by atoms with Crippen LogP contribution < -0.4 is 0 Å². The van der Waals surface area contributed by atoms with E-state index in [2.05, 4.69) is 21.0 Å². The van der Waals surface area contributed by atoms with Crippen molar-refractivity contribution in [2.24, 2.45) is 0 Å². The van der Waals surface area contributed by atoms with Crippen LogP contribution in [-0.4, -0.2) is 54.9 Å². The van der Waals surface area contributed by atoms with Crippen LogP contribution in [0.25, 0.3) is 0 Å². The van der Waals surface area contributed by atoms with Crippen LogP contribution in [0.3, 0.4) is 0 Å². The van der Waals surface area contributed by atoms with Gasteiger partial charge in [0.05, 0.1) is 27.2 Å². The van der Waals surface area contributed by atoms with Crippen molar-refractivity contribution >= 4 is 8.80 Å². The maximum absolute atomic E-state index is 9.02. The first-order valence-corrected chi connectivity index (χ1v) is 11.3. The maximum Gasteiger partial charge on any atom is 0.492 e. The van der Waals surface area contributed by atoms with Gasteiger partial charge in [0.2, 0.25) is 0 Å². The van der Waals surface area contributed by atoms with E-state index in [-0.39, 0.29) is 6.04 Å². The Kier molecular flexibility index (Phi) is 12.5. The zero-order chi connectivity index (χ0) is 16.9. The molecule has 0 aromatic heterocycles. The van der Waals surface area contributed by atoms with Crippen molar-refractivity contribution in [1.82, 2.24) is 0 Å². The van der Waals surface area contributed by atoms with E-state index in [0.29, 0.717) is 6.42 Å². The summed E-state index contributed by atoms with van der Waals surface area (Å²) in [5.74, 6) is 0. The number of rotatable bonds is 15. The lowest BCUT2D eigenvalue weighted by molar-refractivity contribution is -0.890. The summed E-state index contributed by atoms with van der Waals surface area (Å²) in [6, 6.07) is 0.159. The molecule has 0 aromatic rings. The van der Waals surface area contributed by atoms with E-state index < -0.39 is 8.80 Å². The molecule has 0 spiro atoms. The molecule has 5 heteroatoms. The van der Waals surface area contributed by atoms with Crippen molar-refractivity contribution in [1.29, 1.82) is 0 Å². The number of nitrogens with zero attached hydrogens (tertiary/aromatic N) is 1. The molecule has 0 bridgehead atoms. The molecule has 0 atom stereocenters. The van der Waals surface area contributed by atoms with Gasteiger partial charge in [-0.05, 0) is 12.8 Å². The van der Waals surface area contributed by atoms with Gasteiger partial charge in [-0.2, -0.15) is 0 Å². The lowest BCUT2D eigenvalue weighted by Gasteiger charge is -2.30. The van der Waals surface area contributed by atoms with Gasteiger partial charge in [0.1, 0.15) is 0 Å². The second kappa shape index (κ2) is 12.5. The summed E-state index contributed by atoms with van der Waals surface area (Å²) in [6.07, 6.45) is 14.2. The third kappa shape index (κ3) is 16.4.